The van der Waals surface area contributed by atoms with Crippen molar-refractivity contribution in [3.8, 4) is 5.69 Å². The molecule has 0 radical (unpaired) electrons. The zero-order chi connectivity index (χ0) is 20.2. The third-order valence-electron chi connectivity index (χ3n) is 4.96. The Morgan fingerprint density at radius 3 is 2.52 bits per heavy atom. The third-order valence-corrected chi connectivity index (χ3v) is 5.64. The highest BCUT2D eigenvalue weighted by atomic mass is 32.2. The summed E-state index contributed by atoms with van der Waals surface area (Å²) in [6.45, 7) is 0. The molecule has 1 aliphatic rings. The van der Waals surface area contributed by atoms with Crippen LogP contribution in [-0.2, 0) is 0 Å². The van der Waals surface area contributed by atoms with Gasteiger partial charge < -0.3 is 15.6 Å². The van der Waals surface area contributed by atoms with Gasteiger partial charge in [0.2, 0.25) is 5.95 Å². The number of rotatable bonds is 6. The monoisotopic (exact) mass is 410 g/mol. The molecule has 0 saturated heterocycles. The predicted octanol–water partition coefficient (Wildman–Crippen LogP) is 2.48. The largest absolute Gasteiger partial charge is 0.369 e. The average molecular weight is 411 g/mol. The van der Waals surface area contributed by atoms with Crippen LogP contribution in [0.5, 0.6) is 0 Å². The SMILES string of the molecule is CSc1cnc(N[C@H]2CC[C@H](Nc3ccc(-n4ccccc4=O)c(=O)[nH]3)C2)nc1. The Bertz CT molecular complexity index is 1090. The Kier molecular flexibility index (Phi) is 5.66. The molecule has 0 aliphatic heterocycles. The summed E-state index contributed by atoms with van der Waals surface area (Å²) in [4.78, 5) is 36.9. The second kappa shape index (κ2) is 8.52. The highest BCUT2D eigenvalue weighted by molar-refractivity contribution is 7.98. The van der Waals surface area contributed by atoms with Gasteiger partial charge in [-0.25, -0.2) is 9.97 Å². The summed E-state index contributed by atoms with van der Waals surface area (Å²) in [5, 5.41) is 6.76. The first-order valence-electron chi connectivity index (χ1n) is 9.43. The number of hydrogen-bond donors (Lipinski definition) is 3. The normalized spacial score (nSPS) is 18.5. The van der Waals surface area contributed by atoms with Crippen molar-refractivity contribution in [3.63, 3.8) is 0 Å². The van der Waals surface area contributed by atoms with Gasteiger partial charge in [0.1, 0.15) is 11.5 Å². The van der Waals surface area contributed by atoms with Crippen LogP contribution in [-0.4, -0.2) is 37.9 Å². The molecule has 150 valence electrons. The fraction of sp³-hybridized carbons (Fsp3) is 0.300. The number of thioether (sulfide) groups is 1. The number of aromatic nitrogens is 4. The maximum absolute atomic E-state index is 12.4. The molecule has 2 atom stereocenters. The molecule has 1 aliphatic carbocycles. The number of nitrogens with zero attached hydrogens (tertiary/aromatic N) is 3. The first-order valence-corrected chi connectivity index (χ1v) is 10.7. The molecule has 0 bridgehead atoms. The first-order chi connectivity index (χ1) is 14.1. The summed E-state index contributed by atoms with van der Waals surface area (Å²) < 4.78 is 1.33. The third kappa shape index (κ3) is 4.51. The highest BCUT2D eigenvalue weighted by Crippen LogP contribution is 2.24. The minimum Gasteiger partial charge on any atom is -0.369 e. The van der Waals surface area contributed by atoms with Gasteiger partial charge in [-0.2, -0.15) is 0 Å². The number of nitrogens with one attached hydrogen (secondary N) is 3. The number of aromatic amines is 1. The maximum Gasteiger partial charge on any atom is 0.273 e. The lowest BCUT2D eigenvalue weighted by atomic mass is 10.2. The zero-order valence-corrected chi connectivity index (χ0v) is 16.8. The fourth-order valence-corrected chi connectivity index (χ4v) is 3.82. The second-order valence-electron chi connectivity index (χ2n) is 6.94. The summed E-state index contributed by atoms with van der Waals surface area (Å²) in [5.74, 6) is 1.29. The summed E-state index contributed by atoms with van der Waals surface area (Å²) in [7, 11) is 0. The molecular weight excluding hydrogens is 388 g/mol. The standard InChI is InChI=1S/C20H22N6O2S/c1-29-15-11-21-20(22-12-15)24-14-6-5-13(10-14)23-17-8-7-16(19(28)25-17)26-9-3-2-4-18(26)27/h2-4,7-9,11-14H,5-6,10H2,1H3,(H,21,22,24)(H2,23,25,28)/t13-,14-/m0/s1. The Hall–Kier alpha value is -3.07. The van der Waals surface area contributed by atoms with Crippen molar-refractivity contribution in [1.82, 2.24) is 19.5 Å². The molecule has 1 saturated carbocycles. The van der Waals surface area contributed by atoms with Crippen LogP contribution in [0.1, 0.15) is 19.3 Å². The molecule has 0 amide bonds. The van der Waals surface area contributed by atoms with Gasteiger partial charge in [0.25, 0.3) is 11.1 Å². The van der Waals surface area contributed by atoms with E-state index in [1.807, 2.05) is 18.6 Å². The molecule has 3 aromatic rings. The molecule has 0 unspecified atom stereocenters. The van der Waals surface area contributed by atoms with Crippen molar-refractivity contribution in [1.29, 1.82) is 0 Å². The molecule has 9 heteroatoms. The molecular formula is C20H22N6O2S. The van der Waals surface area contributed by atoms with Crippen LogP contribution in [0.25, 0.3) is 5.69 Å². The van der Waals surface area contributed by atoms with Gasteiger partial charge in [0.05, 0.1) is 0 Å². The van der Waals surface area contributed by atoms with E-state index in [0.29, 0.717) is 17.5 Å². The summed E-state index contributed by atoms with van der Waals surface area (Å²) in [6, 6.07) is 8.76. The van der Waals surface area contributed by atoms with Gasteiger partial charge in [0.15, 0.2) is 0 Å². The van der Waals surface area contributed by atoms with E-state index < -0.39 is 0 Å². The Morgan fingerprint density at radius 1 is 1.07 bits per heavy atom. The Labute approximate surface area is 171 Å². The van der Waals surface area contributed by atoms with Gasteiger partial charge in [-0.3, -0.25) is 14.2 Å². The van der Waals surface area contributed by atoms with Crippen molar-refractivity contribution in [3.05, 3.63) is 69.6 Å². The lowest BCUT2D eigenvalue weighted by Crippen LogP contribution is -2.26. The Balaban J connectivity index is 1.38. The van der Waals surface area contributed by atoms with Crippen molar-refractivity contribution in [2.24, 2.45) is 0 Å². The average Bonchev–Trinajstić information content (AvgIpc) is 3.16. The molecule has 8 nitrogen and oxygen atoms in total. The molecule has 29 heavy (non-hydrogen) atoms. The van der Waals surface area contributed by atoms with E-state index in [2.05, 4.69) is 25.6 Å². The van der Waals surface area contributed by atoms with E-state index in [9.17, 15) is 9.59 Å². The number of hydrogen-bond acceptors (Lipinski definition) is 7. The minimum absolute atomic E-state index is 0.235. The van der Waals surface area contributed by atoms with E-state index >= 15 is 0 Å². The first kappa shape index (κ1) is 19.3. The van der Waals surface area contributed by atoms with Crippen LogP contribution < -0.4 is 21.8 Å². The lowest BCUT2D eigenvalue weighted by molar-refractivity contribution is 0.715. The summed E-state index contributed by atoms with van der Waals surface area (Å²) in [5.41, 5.74) is -0.243. The van der Waals surface area contributed by atoms with Gasteiger partial charge in [0, 0.05) is 41.6 Å². The van der Waals surface area contributed by atoms with Crippen LogP contribution in [0.2, 0.25) is 0 Å². The molecule has 3 heterocycles. The summed E-state index contributed by atoms with van der Waals surface area (Å²) >= 11 is 1.61. The second-order valence-corrected chi connectivity index (χ2v) is 7.82. The number of anilines is 2. The maximum atomic E-state index is 12.4. The zero-order valence-electron chi connectivity index (χ0n) is 16.0. The van der Waals surface area contributed by atoms with E-state index in [1.165, 1.54) is 10.6 Å². The topological polar surface area (TPSA) is 105 Å². The quantitative estimate of drug-likeness (QED) is 0.536. The van der Waals surface area contributed by atoms with Gasteiger partial charge in [-0.15, -0.1) is 11.8 Å². The predicted molar refractivity (Wildman–Crippen MR) is 115 cm³/mol. The summed E-state index contributed by atoms with van der Waals surface area (Å²) in [6.07, 6.45) is 10.1. The van der Waals surface area contributed by atoms with Crippen LogP contribution in [0.4, 0.5) is 11.8 Å². The van der Waals surface area contributed by atoms with Crippen molar-refractivity contribution < 1.29 is 0 Å². The molecule has 4 rings (SSSR count). The molecule has 3 aromatic heterocycles. The molecule has 0 aromatic carbocycles. The van der Waals surface area contributed by atoms with Gasteiger partial charge >= 0.3 is 0 Å². The van der Waals surface area contributed by atoms with Crippen LogP contribution in [0.15, 0.2) is 63.4 Å². The van der Waals surface area contributed by atoms with E-state index in [0.717, 1.165) is 24.2 Å². The number of H-pyrrole nitrogens is 1. The fourth-order valence-electron chi connectivity index (χ4n) is 3.51. The van der Waals surface area contributed by atoms with E-state index in [4.69, 9.17) is 0 Å². The molecule has 0 spiro atoms. The van der Waals surface area contributed by atoms with E-state index in [1.54, 1.807) is 42.2 Å². The van der Waals surface area contributed by atoms with Crippen LogP contribution in [0.3, 0.4) is 0 Å². The van der Waals surface area contributed by atoms with Gasteiger partial charge in [-0.1, -0.05) is 6.07 Å². The van der Waals surface area contributed by atoms with E-state index in [-0.39, 0.29) is 23.2 Å². The smallest absolute Gasteiger partial charge is 0.273 e. The van der Waals surface area contributed by atoms with Crippen LogP contribution >= 0.6 is 11.8 Å². The van der Waals surface area contributed by atoms with Gasteiger partial charge in [-0.05, 0) is 43.7 Å². The molecule has 1 fully saturated rings. The minimum atomic E-state index is -0.307. The van der Waals surface area contributed by atoms with Crippen molar-refractivity contribution in [2.45, 2.75) is 36.2 Å². The molecule has 3 N–H and O–H groups in total. The highest BCUT2D eigenvalue weighted by Gasteiger charge is 2.25. The van der Waals surface area contributed by atoms with Crippen molar-refractivity contribution in [2.75, 3.05) is 16.9 Å². The van der Waals surface area contributed by atoms with Crippen molar-refractivity contribution >= 4 is 23.5 Å². The van der Waals surface area contributed by atoms with Crippen LogP contribution in [0, 0.1) is 0 Å². The lowest BCUT2D eigenvalue weighted by Gasteiger charge is -2.16. The Morgan fingerprint density at radius 2 is 1.83 bits per heavy atom. The number of pyridine rings is 2.